The van der Waals surface area contributed by atoms with Gasteiger partial charge in [-0.15, -0.1) is 0 Å². The van der Waals surface area contributed by atoms with E-state index in [1.54, 1.807) is 49.4 Å². The topological polar surface area (TPSA) is 124 Å². The van der Waals surface area contributed by atoms with Crippen molar-refractivity contribution in [3.63, 3.8) is 0 Å². The average Bonchev–Trinajstić information content (AvgIpc) is 3.55. The lowest BCUT2D eigenvalue weighted by molar-refractivity contribution is -0.132. The van der Waals surface area contributed by atoms with Crippen LogP contribution in [0.1, 0.15) is 72.6 Å². The number of nitrogens with zero attached hydrogens (tertiary/aromatic N) is 2. The highest BCUT2D eigenvalue weighted by Gasteiger charge is 2.48. The van der Waals surface area contributed by atoms with Gasteiger partial charge in [0, 0.05) is 5.56 Å². The number of esters is 1. The standard InChI is InChI=1S/C34H38N2O8S/c1-6-10-19-42-24-14-11-22(12-15-24)29(37)27-28(23-13-16-25(43-17-7-2)26(20-23)41-9-4)36(32(39)30(27)38)34-35-21(5)31(45-34)33(40)44-18-8-3/h8,11-16,20,28,37H,3,6-7,9-10,17-19H2,1-2,4-5H3/b29-27+. The molecule has 238 valence electrons. The molecule has 2 aromatic carbocycles. The number of hydrogen-bond acceptors (Lipinski definition) is 10. The molecule has 45 heavy (non-hydrogen) atoms. The average molecular weight is 635 g/mol. The van der Waals surface area contributed by atoms with E-state index in [1.807, 2.05) is 13.8 Å². The minimum Gasteiger partial charge on any atom is -0.507 e. The lowest BCUT2D eigenvalue weighted by Gasteiger charge is -2.24. The second kappa shape index (κ2) is 15.4. The minimum absolute atomic E-state index is 0.00507. The maximum atomic E-state index is 13.7. The summed E-state index contributed by atoms with van der Waals surface area (Å²) in [6.45, 7) is 12.5. The van der Waals surface area contributed by atoms with Gasteiger partial charge in [-0.05, 0) is 68.7 Å². The smallest absolute Gasteiger partial charge is 0.350 e. The molecular formula is C34H38N2O8S. The highest BCUT2D eigenvalue weighted by molar-refractivity contribution is 7.17. The molecule has 0 aliphatic carbocycles. The number of benzene rings is 2. The lowest BCUT2D eigenvalue weighted by Crippen LogP contribution is -2.29. The van der Waals surface area contributed by atoms with E-state index in [4.69, 9.17) is 18.9 Å². The molecule has 10 nitrogen and oxygen atoms in total. The molecule has 2 heterocycles. The summed E-state index contributed by atoms with van der Waals surface area (Å²) < 4.78 is 22.7. The second-order valence-corrected chi connectivity index (χ2v) is 11.2. The fraction of sp³-hybridized carbons (Fsp3) is 0.353. The summed E-state index contributed by atoms with van der Waals surface area (Å²) in [5.74, 6) is -1.22. The lowest BCUT2D eigenvalue weighted by atomic mass is 9.95. The third-order valence-corrected chi connectivity index (χ3v) is 8.03. The fourth-order valence-electron chi connectivity index (χ4n) is 4.71. The maximum absolute atomic E-state index is 13.7. The van der Waals surface area contributed by atoms with Gasteiger partial charge in [-0.25, -0.2) is 9.78 Å². The first-order valence-electron chi connectivity index (χ1n) is 14.9. The Bertz CT molecular complexity index is 1580. The molecule has 0 bridgehead atoms. The molecule has 11 heteroatoms. The number of aliphatic hydroxyl groups is 1. The van der Waals surface area contributed by atoms with Crippen molar-refractivity contribution in [1.82, 2.24) is 4.98 Å². The number of aryl methyl sites for hydroxylation is 1. The summed E-state index contributed by atoms with van der Waals surface area (Å²) in [5, 5.41) is 11.7. The van der Waals surface area contributed by atoms with E-state index in [-0.39, 0.29) is 27.9 Å². The number of aromatic nitrogens is 1. The molecular weight excluding hydrogens is 596 g/mol. The Morgan fingerprint density at radius 3 is 2.44 bits per heavy atom. The highest BCUT2D eigenvalue weighted by Crippen LogP contribution is 2.45. The van der Waals surface area contributed by atoms with Crippen LogP contribution in [-0.2, 0) is 14.3 Å². The third-order valence-electron chi connectivity index (χ3n) is 6.89. The number of hydrogen-bond donors (Lipinski definition) is 1. The number of Topliss-reactive ketones (excluding diaryl/α,β-unsaturated/α-hetero) is 1. The van der Waals surface area contributed by atoms with Crippen LogP contribution in [0.5, 0.6) is 17.2 Å². The number of amides is 1. The van der Waals surface area contributed by atoms with E-state index < -0.39 is 23.7 Å². The molecule has 0 radical (unpaired) electrons. The summed E-state index contributed by atoms with van der Waals surface area (Å²) >= 11 is 0.925. The summed E-state index contributed by atoms with van der Waals surface area (Å²) in [5.41, 5.74) is 1.01. The van der Waals surface area contributed by atoms with E-state index in [2.05, 4.69) is 18.5 Å². The summed E-state index contributed by atoms with van der Waals surface area (Å²) in [6.07, 6.45) is 4.13. The predicted octanol–water partition coefficient (Wildman–Crippen LogP) is 6.79. The van der Waals surface area contributed by atoms with Crippen molar-refractivity contribution in [1.29, 1.82) is 0 Å². The zero-order valence-electron chi connectivity index (χ0n) is 26.0. The van der Waals surface area contributed by atoms with Crippen molar-refractivity contribution in [3.05, 3.63) is 82.4 Å². The van der Waals surface area contributed by atoms with Gasteiger partial charge in [0.25, 0.3) is 5.78 Å². The minimum atomic E-state index is -1.09. The Balaban J connectivity index is 1.85. The van der Waals surface area contributed by atoms with Gasteiger partial charge >= 0.3 is 11.9 Å². The van der Waals surface area contributed by atoms with Gasteiger partial charge in [-0.1, -0.05) is 50.3 Å². The van der Waals surface area contributed by atoms with Crippen LogP contribution in [0, 0.1) is 6.92 Å². The van der Waals surface area contributed by atoms with Gasteiger partial charge in [-0.2, -0.15) is 0 Å². The number of ether oxygens (including phenoxy) is 4. The number of carbonyl (C=O) groups excluding carboxylic acids is 3. The van der Waals surface area contributed by atoms with Crippen LogP contribution >= 0.6 is 11.3 Å². The van der Waals surface area contributed by atoms with E-state index in [1.165, 1.54) is 11.0 Å². The zero-order chi connectivity index (χ0) is 32.5. The van der Waals surface area contributed by atoms with Gasteiger partial charge in [0.2, 0.25) is 0 Å². The van der Waals surface area contributed by atoms with E-state index >= 15 is 0 Å². The molecule has 0 spiro atoms. The summed E-state index contributed by atoms with van der Waals surface area (Å²) in [4.78, 5) is 46.0. The number of anilines is 1. The normalized spacial score (nSPS) is 15.6. The Morgan fingerprint density at radius 2 is 1.78 bits per heavy atom. The van der Waals surface area contributed by atoms with Crippen LogP contribution in [-0.4, -0.2) is 54.2 Å². The van der Waals surface area contributed by atoms with Crippen LogP contribution < -0.4 is 19.1 Å². The number of ketones is 1. The molecule has 1 fully saturated rings. The molecule has 1 aliphatic rings. The monoisotopic (exact) mass is 634 g/mol. The first-order chi connectivity index (χ1) is 21.7. The number of aliphatic hydroxyl groups excluding tert-OH is 1. The molecule has 1 amide bonds. The molecule has 3 aromatic rings. The zero-order valence-corrected chi connectivity index (χ0v) is 26.8. The largest absolute Gasteiger partial charge is 0.507 e. The Hall–Kier alpha value is -4.64. The van der Waals surface area contributed by atoms with Gasteiger partial charge < -0.3 is 24.1 Å². The Kier molecular flexibility index (Phi) is 11.4. The Labute approximate surface area is 266 Å². The number of carbonyl (C=O) groups is 3. The van der Waals surface area contributed by atoms with Crippen LogP contribution in [0.25, 0.3) is 5.76 Å². The molecule has 1 N–H and O–H groups in total. The molecule has 1 atom stereocenters. The first-order valence-corrected chi connectivity index (χ1v) is 15.8. The van der Waals surface area contributed by atoms with Crippen LogP contribution in [0.2, 0.25) is 0 Å². The SMILES string of the molecule is C=CCOC(=O)c1sc(N2C(=O)C(=O)/C(=C(/O)c3ccc(OCCCC)cc3)C2c2ccc(OCCC)c(OCC)c2)nc1C. The van der Waals surface area contributed by atoms with Gasteiger partial charge in [0.15, 0.2) is 16.6 Å². The molecule has 1 aromatic heterocycles. The molecule has 1 aliphatic heterocycles. The number of unbranched alkanes of at least 4 members (excludes halogenated alkanes) is 1. The molecule has 1 saturated heterocycles. The van der Waals surface area contributed by atoms with Gasteiger partial charge in [0.05, 0.1) is 37.1 Å². The van der Waals surface area contributed by atoms with Crippen molar-refractivity contribution in [3.8, 4) is 17.2 Å². The van der Waals surface area contributed by atoms with E-state index in [0.29, 0.717) is 53.9 Å². The quantitative estimate of drug-likeness (QED) is 0.0481. The van der Waals surface area contributed by atoms with Gasteiger partial charge in [0.1, 0.15) is 23.0 Å². The van der Waals surface area contributed by atoms with Crippen molar-refractivity contribution in [2.45, 2.75) is 53.0 Å². The fourth-order valence-corrected chi connectivity index (χ4v) is 5.70. The van der Waals surface area contributed by atoms with Crippen LogP contribution in [0.4, 0.5) is 5.13 Å². The van der Waals surface area contributed by atoms with E-state index in [0.717, 1.165) is 30.6 Å². The highest BCUT2D eigenvalue weighted by atomic mass is 32.1. The summed E-state index contributed by atoms with van der Waals surface area (Å²) in [6, 6.07) is 10.7. The molecule has 0 saturated carbocycles. The van der Waals surface area contributed by atoms with Crippen LogP contribution in [0.15, 0.2) is 60.7 Å². The van der Waals surface area contributed by atoms with Crippen LogP contribution in [0.3, 0.4) is 0 Å². The first kappa shape index (κ1) is 33.3. The molecule has 1 unspecified atom stereocenters. The second-order valence-electron chi connectivity index (χ2n) is 10.2. The van der Waals surface area contributed by atoms with Crippen molar-refractivity contribution < 1.29 is 38.4 Å². The third kappa shape index (κ3) is 7.37. The molecule has 4 rings (SSSR count). The van der Waals surface area contributed by atoms with Crippen molar-refractivity contribution >= 4 is 39.9 Å². The predicted molar refractivity (Wildman–Crippen MR) is 172 cm³/mol. The number of rotatable bonds is 15. The van der Waals surface area contributed by atoms with E-state index in [9.17, 15) is 19.5 Å². The van der Waals surface area contributed by atoms with Crippen molar-refractivity contribution in [2.75, 3.05) is 31.3 Å². The Morgan fingerprint density at radius 1 is 1.02 bits per heavy atom. The van der Waals surface area contributed by atoms with Gasteiger partial charge in [-0.3, -0.25) is 14.5 Å². The number of thiazole rings is 1. The summed E-state index contributed by atoms with van der Waals surface area (Å²) in [7, 11) is 0. The van der Waals surface area contributed by atoms with Crippen molar-refractivity contribution in [2.24, 2.45) is 0 Å². The maximum Gasteiger partial charge on any atom is 0.350 e.